The number of hydrogen-bond acceptors (Lipinski definition) is 1. The Hall–Kier alpha value is 0.150. The molecule has 0 spiro atoms. The Morgan fingerprint density at radius 3 is 1.88 bits per heavy atom. The van der Waals surface area contributed by atoms with E-state index in [1.165, 1.54) is 5.33 Å². The highest BCUT2D eigenvalue weighted by atomic mass is 79.9. The second-order valence-electron chi connectivity index (χ2n) is 2.72. The van der Waals surface area contributed by atoms with Crippen LogP contribution in [0.2, 0.25) is 0 Å². The molecule has 0 rings (SSSR count). The van der Waals surface area contributed by atoms with Crippen LogP contribution in [0.4, 0.5) is 0 Å². The van der Waals surface area contributed by atoms with Gasteiger partial charge in [0, 0.05) is 5.41 Å². The summed E-state index contributed by atoms with van der Waals surface area (Å²) < 4.78 is 0. The number of halogens is 1. The molecular formula is C6H10BrO. The lowest BCUT2D eigenvalue weighted by atomic mass is 9.92. The first-order valence-electron chi connectivity index (χ1n) is 2.46. The molecule has 0 unspecified atom stereocenters. The lowest BCUT2D eigenvalue weighted by molar-refractivity contribution is -0.121. The largest absolute Gasteiger partial charge is 0.298 e. The Morgan fingerprint density at radius 2 is 1.88 bits per heavy atom. The van der Waals surface area contributed by atoms with Gasteiger partial charge in [-0.3, -0.25) is 4.79 Å². The van der Waals surface area contributed by atoms with E-state index < -0.39 is 0 Å². The van der Waals surface area contributed by atoms with Gasteiger partial charge in [0.25, 0.3) is 0 Å². The van der Waals surface area contributed by atoms with Crippen molar-refractivity contribution in [1.82, 2.24) is 0 Å². The van der Waals surface area contributed by atoms with Crippen molar-refractivity contribution in [3.8, 4) is 0 Å². The highest BCUT2D eigenvalue weighted by molar-refractivity contribution is 9.11. The van der Waals surface area contributed by atoms with E-state index in [4.69, 9.17) is 0 Å². The zero-order valence-corrected chi connectivity index (χ0v) is 6.95. The van der Waals surface area contributed by atoms with Crippen LogP contribution in [-0.4, -0.2) is 5.78 Å². The van der Waals surface area contributed by atoms with Crippen LogP contribution in [0.3, 0.4) is 0 Å². The molecule has 0 aliphatic carbocycles. The molecule has 1 radical (unpaired) electrons. The number of hydrogen-bond donors (Lipinski definition) is 0. The van der Waals surface area contributed by atoms with Crippen molar-refractivity contribution in [2.45, 2.75) is 20.8 Å². The lowest BCUT2D eigenvalue weighted by Gasteiger charge is -2.12. The fourth-order valence-corrected chi connectivity index (χ4v) is 0.850. The summed E-state index contributed by atoms with van der Waals surface area (Å²) in [5.74, 6) is 0.123. The fourth-order valence-electron chi connectivity index (χ4n) is 0.164. The third-order valence-electron chi connectivity index (χ3n) is 0.838. The van der Waals surface area contributed by atoms with E-state index in [9.17, 15) is 4.79 Å². The van der Waals surface area contributed by atoms with Gasteiger partial charge in [-0.15, -0.1) is 0 Å². The van der Waals surface area contributed by atoms with Gasteiger partial charge in [0.05, 0.1) is 5.33 Å². The summed E-state index contributed by atoms with van der Waals surface area (Å²) in [5, 5.41) is 1.42. The Kier molecular flexibility index (Phi) is 2.67. The molecule has 0 aromatic carbocycles. The van der Waals surface area contributed by atoms with Crippen LogP contribution >= 0.6 is 15.9 Å². The number of Topliss-reactive ketones (excluding diaryl/α,β-unsaturated/α-hetero) is 1. The SMILES string of the molecule is CC(C)(C)C(=O)[CH]Br. The predicted molar refractivity (Wildman–Crippen MR) is 37.7 cm³/mol. The molecular weight excluding hydrogens is 168 g/mol. The second-order valence-corrected chi connectivity index (χ2v) is 3.18. The summed E-state index contributed by atoms with van der Waals surface area (Å²) in [6.45, 7) is 5.65. The maximum absolute atomic E-state index is 10.7. The quantitative estimate of drug-likeness (QED) is 0.601. The highest BCUT2D eigenvalue weighted by Gasteiger charge is 2.19. The molecule has 0 saturated heterocycles. The molecule has 0 aromatic rings. The van der Waals surface area contributed by atoms with Crippen molar-refractivity contribution in [3.63, 3.8) is 0 Å². The zero-order valence-electron chi connectivity index (χ0n) is 5.36. The molecule has 0 aromatic heterocycles. The van der Waals surface area contributed by atoms with Crippen LogP contribution in [-0.2, 0) is 4.79 Å². The van der Waals surface area contributed by atoms with E-state index in [2.05, 4.69) is 15.9 Å². The number of carbonyl (C=O) groups is 1. The van der Waals surface area contributed by atoms with Crippen molar-refractivity contribution in [1.29, 1.82) is 0 Å². The Bertz CT molecular complexity index is 91.2. The summed E-state index contributed by atoms with van der Waals surface area (Å²) in [4.78, 5) is 10.7. The maximum atomic E-state index is 10.7. The van der Waals surface area contributed by atoms with Crippen molar-refractivity contribution < 1.29 is 4.79 Å². The smallest absolute Gasteiger partial charge is 0.153 e. The first kappa shape index (κ1) is 8.15. The normalized spacial score (nSPS) is 11.5. The highest BCUT2D eigenvalue weighted by Crippen LogP contribution is 2.17. The van der Waals surface area contributed by atoms with Gasteiger partial charge in [-0.1, -0.05) is 36.7 Å². The molecule has 0 aliphatic heterocycles. The molecule has 0 aliphatic rings. The fraction of sp³-hybridized carbons (Fsp3) is 0.667. The van der Waals surface area contributed by atoms with Gasteiger partial charge in [0.1, 0.15) is 0 Å². The van der Waals surface area contributed by atoms with Crippen LogP contribution in [0.1, 0.15) is 20.8 Å². The van der Waals surface area contributed by atoms with E-state index in [1.54, 1.807) is 0 Å². The molecule has 1 nitrogen and oxygen atoms in total. The summed E-state index contributed by atoms with van der Waals surface area (Å²) in [5.41, 5.74) is -0.233. The third-order valence-corrected chi connectivity index (χ3v) is 1.25. The maximum Gasteiger partial charge on any atom is 0.153 e. The van der Waals surface area contributed by atoms with Gasteiger partial charge in [-0.2, -0.15) is 0 Å². The Morgan fingerprint density at radius 1 is 1.50 bits per heavy atom. The molecule has 0 saturated carbocycles. The molecule has 0 amide bonds. The molecule has 2 heteroatoms. The van der Waals surface area contributed by atoms with Gasteiger partial charge < -0.3 is 0 Å². The standard InChI is InChI=1S/C6H10BrO/c1-6(2,3)5(8)4-7/h4H,1-3H3. The summed E-state index contributed by atoms with van der Waals surface area (Å²) in [6.07, 6.45) is 0. The van der Waals surface area contributed by atoms with Gasteiger partial charge in [0.2, 0.25) is 0 Å². The average Bonchev–Trinajstić information content (AvgIpc) is 1.62. The van der Waals surface area contributed by atoms with E-state index in [0.29, 0.717) is 0 Å². The number of carbonyl (C=O) groups excluding carboxylic acids is 1. The van der Waals surface area contributed by atoms with Gasteiger partial charge >= 0.3 is 0 Å². The monoisotopic (exact) mass is 177 g/mol. The molecule has 47 valence electrons. The lowest BCUT2D eigenvalue weighted by Crippen LogP contribution is -2.18. The molecule has 8 heavy (non-hydrogen) atoms. The molecule has 0 fully saturated rings. The first-order valence-corrected chi connectivity index (χ1v) is 3.38. The summed E-state index contributed by atoms with van der Waals surface area (Å²) in [7, 11) is 0. The van der Waals surface area contributed by atoms with Gasteiger partial charge in [-0.25, -0.2) is 0 Å². The minimum absolute atomic E-state index is 0.123. The van der Waals surface area contributed by atoms with Gasteiger partial charge in [-0.05, 0) is 0 Å². The molecule has 0 N–H and O–H groups in total. The minimum Gasteiger partial charge on any atom is -0.298 e. The minimum atomic E-state index is -0.233. The molecule has 0 heterocycles. The van der Waals surface area contributed by atoms with Crippen molar-refractivity contribution in [3.05, 3.63) is 5.33 Å². The predicted octanol–water partition coefficient (Wildman–Crippen LogP) is 2.16. The van der Waals surface area contributed by atoms with Crippen molar-refractivity contribution in [2.75, 3.05) is 0 Å². The van der Waals surface area contributed by atoms with E-state index in [0.717, 1.165) is 0 Å². The van der Waals surface area contributed by atoms with Crippen molar-refractivity contribution in [2.24, 2.45) is 5.41 Å². The topological polar surface area (TPSA) is 17.1 Å². The summed E-state index contributed by atoms with van der Waals surface area (Å²) >= 11 is 2.98. The Labute approximate surface area is 58.6 Å². The van der Waals surface area contributed by atoms with Crippen LogP contribution in [0.25, 0.3) is 0 Å². The van der Waals surface area contributed by atoms with Crippen LogP contribution in [0, 0.1) is 10.7 Å². The molecule has 0 bridgehead atoms. The average molecular weight is 178 g/mol. The number of rotatable bonds is 1. The number of ketones is 1. The Balaban J connectivity index is 3.82. The summed E-state index contributed by atoms with van der Waals surface area (Å²) in [6, 6.07) is 0. The van der Waals surface area contributed by atoms with Crippen molar-refractivity contribution >= 4 is 21.7 Å². The van der Waals surface area contributed by atoms with E-state index >= 15 is 0 Å². The van der Waals surface area contributed by atoms with E-state index in [1.807, 2.05) is 20.8 Å². The third kappa shape index (κ3) is 2.46. The van der Waals surface area contributed by atoms with Crippen LogP contribution in [0.15, 0.2) is 0 Å². The zero-order chi connectivity index (χ0) is 6.78. The molecule has 0 atom stereocenters. The first-order chi connectivity index (χ1) is 3.48. The van der Waals surface area contributed by atoms with Gasteiger partial charge in [0.15, 0.2) is 5.78 Å². The van der Waals surface area contributed by atoms with E-state index in [-0.39, 0.29) is 11.2 Å². The van der Waals surface area contributed by atoms with Crippen LogP contribution in [0.5, 0.6) is 0 Å². The second kappa shape index (κ2) is 2.62. The van der Waals surface area contributed by atoms with Crippen LogP contribution < -0.4 is 0 Å².